The number of benzene rings is 2. The lowest BCUT2D eigenvalue weighted by molar-refractivity contribution is 0.102. The van der Waals surface area contributed by atoms with Crippen LogP contribution in [0.2, 0.25) is 0 Å². The van der Waals surface area contributed by atoms with E-state index in [0.29, 0.717) is 23.0 Å². The first-order chi connectivity index (χ1) is 13.7. The second kappa shape index (κ2) is 8.85. The molecule has 3 aromatic rings. The molecule has 2 aromatic carbocycles. The number of hydrogen-bond acceptors (Lipinski definition) is 6. The highest BCUT2D eigenvalue weighted by molar-refractivity contribution is 6.03. The van der Waals surface area contributed by atoms with Gasteiger partial charge in [-0.15, -0.1) is 0 Å². The summed E-state index contributed by atoms with van der Waals surface area (Å²) in [5.41, 5.74) is 1.72. The van der Waals surface area contributed by atoms with Crippen LogP contribution in [0.1, 0.15) is 17.4 Å². The molecule has 0 unspecified atom stereocenters. The number of nitrogens with one attached hydrogen (secondary N) is 1. The zero-order chi connectivity index (χ0) is 19.9. The van der Waals surface area contributed by atoms with Crippen LogP contribution in [0.3, 0.4) is 0 Å². The molecule has 0 fully saturated rings. The van der Waals surface area contributed by atoms with Gasteiger partial charge in [0.2, 0.25) is 0 Å². The minimum absolute atomic E-state index is 0.206. The summed E-state index contributed by atoms with van der Waals surface area (Å²) < 4.78 is 10.5. The molecule has 0 saturated carbocycles. The molecule has 1 heterocycles. The highest BCUT2D eigenvalue weighted by atomic mass is 16.5. The van der Waals surface area contributed by atoms with Crippen molar-refractivity contribution in [3.05, 3.63) is 66.6 Å². The predicted molar refractivity (Wildman–Crippen MR) is 109 cm³/mol. The average molecular weight is 378 g/mol. The molecule has 1 amide bonds. The normalized spacial score (nSPS) is 10.2. The molecule has 0 bridgehead atoms. The number of carbonyl (C=O) groups excluding carboxylic acids is 1. The largest absolute Gasteiger partial charge is 0.497 e. The summed E-state index contributed by atoms with van der Waals surface area (Å²) >= 11 is 0. The van der Waals surface area contributed by atoms with E-state index in [1.165, 1.54) is 13.3 Å². The fourth-order valence-corrected chi connectivity index (χ4v) is 2.76. The standard InChI is InChI=1S/C21H22N4O3/c1-4-25(15-8-6-5-7-9-15)20-14-22-18(13-23-20)21(26)24-17-12-16(27-2)10-11-19(17)28-3/h5-14H,4H2,1-3H3,(H,24,26). The van der Waals surface area contributed by atoms with E-state index in [4.69, 9.17) is 9.47 Å². The number of methoxy groups -OCH3 is 2. The third-order valence-electron chi connectivity index (χ3n) is 4.19. The van der Waals surface area contributed by atoms with Gasteiger partial charge >= 0.3 is 0 Å². The van der Waals surface area contributed by atoms with Crippen LogP contribution >= 0.6 is 0 Å². The maximum atomic E-state index is 12.6. The van der Waals surface area contributed by atoms with Gasteiger partial charge in [0.1, 0.15) is 17.2 Å². The number of aromatic nitrogens is 2. The first-order valence-corrected chi connectivity index (χ1v) is 8.84. The lowest BCUT2D eigenvalue weighted by Gasteiger charge is -2.21. The number of ether oxygens (including phenoxy) is 2. The van der Waals surface area contributed by atoms with Crippen LogP contribution in [0.25, 0.3) is 0 Å². The molecule has 28 heavy (non-hydrogen) atoms. The van der Waals surface area contributed by atoms with Crippen molar-refractivity contribution in [3.8, 4) is 11.5 Å². The monoisotopic (exact) mass is 378 g/mol. The topological polar surface area (TPSA) is 76.6 Å². The molecule has 3 rings (SSSR count). The second-order valence-corrected chi connectivity index (χ2v) is 5.86. The Bertz CT molecular complexity index is 930. The third kappa shape index (κ3) is 4.20. The molecule has 0 atom stereocenters. The fourth-order valence-electron chi connectivity index (χ4n) is 2.76. The molecular formula is C21H22N4O3. The minimum Gasteiger partial charge on any atom is -0.497 e. The van der Waals surface area contributed by atoms with E-state index in [2.05, 4.69) is 15.3 Å². The molecule has 0 aliphatic heterocycles. The Kier molecular flexibility index (Phi) is 6.06. The molecule has 0 aliphatic carbocycles. The highest BCUT2D eigenvalue weighted by Gasteiger charge is 2.14. The molecule has 7 heteroatoms. The van der Waals surface area contributed by atoms with Gasteiger partial charge in [-0.25, -0.2) is 9.97 Å². The van der Waals surface area contributed by atoms with Gasteiger partial charge in [0.15, 0.2) is 5.82 Å². The Morgan fingerprint density at radius 2 is 1.82 bits per heavy atom. The third-order valence-corrected chi connectivity index (χ3v) is 4.19. The van der Waals surface area contributed by atoms with Crippen molar-refractivity contribution >= 4 is 23.1 Å². The van der Waals surface area contributed by atoms with Crippen LogP contribution in [-0.2, 0) is 0 Å². The van der Waals surface area contributed by atoms with Crippen molar-refractivity contribution < 1.29 is 14.3 Å². The number of rotatable bonds is 7. The maximum Gasteiger partial charge on any atom is 0.275 e. The van der Waals surface area contributed by atoms with E-state index in [9.17, 15) is 4.79 Å². The number of hydrogen-bond donors (Lipinski definition) is 1. The van der Waals surface area contributed by atoms with Crippen LogP contribution in [-0.4, -0.2) is 36.6 Å². The molecule has 1 aromatic heterocycles. The molecule has 0 aliphatic rings. The van der Waals surface area contributed by atoms with E-state index in [-0.39, 0.29) is 11.6 Å². The van der Waals surface area contributed by atoms with Crippen molar-refractivity contribution in [2.75, 3.05) is 31.0 Å². The van der Waals surface area contributed by atoms with E-state index in [0.717, 1.165) is 12.2 Å². The SMILES string of the molecule is CCN(c1ccccc1)c1cnc(C(=O)Nc2cc(OC)ccc2OC)cn1. The molecule has 0 radical (unpaired) electrons. The van der Waals surface area contributed by atoms with Crippen LogP contribution in [0.4, 0.5) is 17.2 Å². The fraction of sp³-hybridized carbons (Fsp3) is 0.190. The summed E-state index contributed by atoms with van der Waals surface area (Å²) in [5, 5.41) is 2.79. The number of para-hydroxylation sites is 1. The Labute approximate surface area is 164 Å². The summed E-state index contributed by atoms with van der Waals surface area (Å²) in [7, 11) is 3.10. The summed E-state index contributed by atoms with van der Waals surface area (Å²) in [4.78, 5) is 23.3. The quantitative estimate of drug-likeness (QED) is 0.672. The van der Waals surface area contributed by atoms with Gasteiger partial charge in [-0.1, -0.05) is 18.2 Å². The summed E-state index contributed by atoms with van der Waals surface area (Å²) in [6.45, 7) is 2.76. The predicted octanol–water partition coefficient (Wildman–Crippen LogP) is 3.90. The van der Waals surface area contributed by atoms with E-state index in [1.54, 1.807) is 31.5 Å². The number of anilines is 3. The van der Waals surface area contributed by atoms with Crippen molar-refractivity contribution in [3.63, 3.8) is 0 Å². The molecule has 0 spiro atoms. The smallest absolute Gasteiger partial charge is 0.275 e. The Balaban J connectivity index is 1.79. The van der Waals surface area contributed by atoms with E-state index in [1.807, 2.05) is 42.2 Å². The van der Waals surface area contributed by atoms with Crippen molar-refractivity contribution in [2.24, 2.45) is 0 Å². The lowest BCUT2D eigenvalue weighted by Crippen LogP contribution is -2.19. The lowest BCUT2D eigenvalue weighted by atomic mass is 10.2. The second-order valence-electron chi connectivity index (χ2n) is 5.86. The number of amides is 1. The summed E-state index contributed by atoms with van der Waals surface area (Å²) in [6.07, 6.45) is 3.05. The van der Waals surface area contributed by atoms with Crippen LogP contribution in [0, 0.1) is 0 Å². The van der Waals surface area contributed by atoms with Gasteiger partial charge in [0.05, 0.1) is 32.3 Å². The number of nitrogens with zero attached hydrogens (tertiary/aromatic N) is 3. The average Bonchev–Trinajstić information content (AvgIpc) is 2.75. The molecule has 1 N–H and O–H groups in total. The van der Waals surface area contributed by atoms with Crippen molar-refractivity contribution in [1.82, 2.24) is 9.97 Å². The van der Waals surface area contributed by atoms with Crippen molar-refractivity contribution in [2.45, 2.75) is 6.92 Å². The van der Waals surface area contributed by atoms with Gasteiger partial charge in [-0.3, -0.25) is 4.79 Å². The highest BCUT2D eigenvalue weighted by Crippen LogP contribution is 2.29. The van der Waals surface area contributed by atoms with Gasteiger partial charge in [-0.05, 0) is 31.2 Å². The molecular weight excluding hydrogens is 356 g/mol. The summed E-state index contributed by atoms with van der Waals surface area (Å²) in [5.74, 6) is 1.43. The molecule has 7 nitrogen and oxygen atoms in total. The van der Waals surface area contributed by atoms with Crippen molar-refractivity contribution in [1.29, 1.82) is 0 Å². The minimum atomic E-state index is -0.381. The molecule has 144 valence electrons. The van der Waals surface area contributed by atoms with Gasteiger partial charge in [0, 0.05) is 18.3 Å². The van der Waals surface area contributed by atoms with Gasteiger partial charge in [-0.2, -0.15) is 0 Å². The van der Waals surface area contributed by atoms with Crippen LogP contribution in [0.5, 0.6) is 11.5 Å². The Morgan fingerprint density at radius 1 is 1.04 bits per heavy atom. The van der Waals surface area contributed by atoms with Gasteiger partial charge < -0.3 is 19.7 Å². The maximum absolute atomic E-state index is 12.6. The van der Waals surface area contributed by atoms with Gasteiger partial charge in [0.25, 0.3) is 5.91 Å². The Morgan fingerprint density at radius 3 is 2.43 bits per heavy atom. The van der Waals surface area contributed by atoms with E-state index < -0.39 is 0 Å². The van der Waals surface area contributed by atoms with Crippen LogP contribution in [0.15, 0.2) is 60.9 Å². The first-order valence-electron chi connectivity index (χ1n) is 8.84. The Hall–Kier alpha value is -3.61. The zero-order valence-electron chi connectivity index (χ0n) is 16.0. The number of carbonyl (C=O) groups is 1. The summed E-state index contributed by atoms with van der Waals surface area (Å²) in [6, 6.07) is 15.1. The van der Waals surface area contributed by atoms with Crippen LogP contribution < -0.4 is 19.7 Å². The molecule has 0 saturated heterocycles. The first kappa shape index (κ1) is 19.2. The zero-order valence-corrected chi connectivity index (χ0v) is 16.0. The van der Waals surface area contributed by atoms with E-state index >= 15 is 0 Å².